The van der Waals surface area contributed by atoms with Crippen LogP contribution in [0, 0.1) is 0 Å². The summed E-state index contributed by atoms with van der Waals surface area (Å²) in [5.41, 5.74) is 22.2. The van der Waals surface area contributed by atoms with E-state index in [1.807, 2.05) is 43.1 Å². The maximum Gasteiger partial charge on any atom is 0.200 e. The van der Waals surface area contributed by atoms with Crippen molar-refractivity contribution in [1.82, 2.24) is 109 Å². The molecule has 12 rings (SSSR count). The van der Waals surface area contributed by atoms with Gasteiger partial charge in [0.25, 0.3) is 0 Å². The second-order valence-corrected chi connectivity index (χ2v) is 27.9. The van der Waals surface area contributed by atoms with E-state index >= 15 is 0 Å². The largest absolute Gasteiger partial charge is 0.271 e. The highest BCUT2D eigenvalue weighted by atomic mass is 15.3. The van der Waals surface area contributed by atoms with Crippen molar-refractivity contribution in [3.05, 3.63) is 142 Å². The number of pyridine rings is 1. The van der Waals surface area contributed by atoms with Crippen LogP contribution in [0.4, 0.5) is 0 Å². The molecule has 0 aromatic carbocycles. The zero-order chi connectivity index (χ0) is 69.9. The molecule has 0 fully saturated rings. The zero-order valence-electron chi connectivity index (χ0n) is 61.2. The minimum Gasteiger partial charge on any atom is -0.271 e. The first-order valence-corrected chi connectivity index (χ1v) is 33.7. The van der Waals surface area contributed by atoms with Gasteiger partial charge in [-0.2, -0.15) is 20.4 Å². The molecule has 0 radical (unpaired) electrons. The minimum atomic E-state index is 0. The third kappa shape index (κ3) is 20.1. The third-order valence-corrected chi connectivity index (χ3v) is 15.5. The SMILES string of the molecule is C.C.C.CC(C)c1cc2cncn2nc1C(C)C.CC(C)c1nc2ccncc2nc1C(C)C.CC(C)c1nc2ccnnc2nc1C(C)C.CC(C)c1nc2cn(C)nc2nc1C(C)C.CC(C)c1nc2cnn(C)c2nc1C(C)C.CC(C)c1nc2nccnc2nc1C(C)C. The molecule has 12 aromatic heterocycles. The van der Waals surface area contributed by atoms with Gasteiger partial charge >= 0.3 is 0 Å². The zero-order valence-corrected chi connectivity index (χ0v) is 61.2. The van der Waals surface area contributed by atoms with Crippen molar-refractivity contribution in [3.63, 3.8) is 0 Å². The molecule has 0 aliphatic rings. The summed E-state index contributed by atoms with van der Waals surface area (Å²) in [6.45, 7) is 51.6. The summed E-state index contributed by atoms with van der Waals surface area (Å²) < 4.78 is 5.39. The summed E-state index contributed by atoms with van der Waals surface area (Å²) in [5.74, 6) is 4.79. The van der Waals surface area contributed by atoms with E-state index in [9.17, 15) is 0 Å². The van der Waals surface area contributed by atoms with E-state index in [0.717, 1.165) is 101 Å². The first kappa shape index (κ1) is 81.5. The number of rotatable bonds is 12. The Morgan fingerprint density at radius 2 is 0.724 bits per heavy atom. The van der Waals surface area contributed by atoms with Crippen molar-refractivity contribution in [2.45, 2.75) is 259 Å². The van der Waals surface area contributed by atoms with Gasteiger partial charge in [-0.25, -0.2) is 74.0 Å². The molecule has 0 atom stereocenters. The first-order valence-electron chi connectivity index (χ1n) is 33.7. The van der Waals surface area contributed by atoms with Gasteiger partial charge in [-0.15, -0.1) is 5.10 Å². The Morgan fingerprint density at radius 3 is 1.19 bits per heavy atom. The fourth-order valence-corrected chi connectivity index (χ4v) is 10.6. The quantitative estimate of drug-likeness (QED) is 0.110. The average molecular weight is 1340 g/mol. The van der Waals surface area contributed by atoms with Crippen molar-refractivity contribution in [1.29, 1.82) is 0 Å². The van der Waals surface area contributed by atoms with Crippen molar-refractivity contribution >= 4 is 61.3 Å². The molecule has 0 aliphatic carbocycles. The van der Waals surface area contributed by atoms with E-state index in [2.05, 4.69) is 258 Å². The van der Waals surface area contributed by atoms with Gasteiger partial charge in [0.2, 0.25) is 5.65 Å². The highest BCUT2D eigenvalue weighted by Crippen LogP contribution is 2.30. The second kappa shape index (κ2) is 36.0. The third-order valence-electron chi connectivity index (χ3n) is 15.5. The smallest absolute Gasteiger partial charge is 0.200 e. The first-order chi connectivity index (χ1) is 44.9. The number of hydrogen-bond acceptors (Lipinski definition) is 19. The Morgan fingerprint density at radius 1 is 0.327 bits per heavy atom. The Bertz CT molecular complexity index is 4000. The van der Waals surface area contributed by atoms with Gasteiger partial charge in [0, 0.05) is 32.7 Å². The van der Waals surface area contributed by atoms with Gasteiger partial charge in [0.15, 0.2) is 22.6 Å². The van der Waals surface area contributed by atoms with Gasteiger partial charge in [-0.1, -0.05) is 188 Å². The van der Waals surface area contributed by atoms with Crippen molar-refractivity contribution < 1.29 is 0 Å². The van der Waals surface area contributed by atoms with Gasteiger partial charge in [-0.3, -0.25) is 9.67 Å². The second-order valence-electron chi connectivity index (χ2n) is 27.9. The fraction of sp³-hybridized carbons (Fsp3) is 0.539. The summed E-state index contributed by atoms with van der Waals surface area (Å²) in [6, 6.07) is 5.96. The maximum atomic E-state index is 4.69. The molecule has 22 heteroatoms. The predicted octanol–water partition coefficient (Wildman–Crippen LogP) is 18.7. The monoisotopic (exact) mass is 1330 g/mol. The van der Waals surface area contributed by atoms with E-state index < -0.39 is 0 Å². The van der Waals surface area contributed by atoms with Gasteiger partial charge in [0.05, 0.1) is 105 Å². The Kier molecular flexibility index (Phi) is 30.0. The number of hydrogen-bond donors (Lipinski definition) is 0. The Hall–Kier alpha value is -8.95. The number of imidazole rings is 1. The van der Waals surface area contributed by atoms with Crippen LogP contribution in [0.3, 0.4) is 0 Å². The molecule has 0 N–H and O–H groups in total. The van der Waals surface area contributed by atoms with E-state index in [4.69, 9.17) is 9.97 Å². The molecular formula is C76H114N22. The van der Waals surface area contributed by atoms with Crippen LogP contribution < -0.4 is 0 Å². The number of fused-ring (bicyclic) bond motifs is 6. The summed E-state index contributed by atoms with van der Waals surface area (Å²) >= 11 is 0. The Labute approximate surface area is 583 Å². The maximum absolute atomic E-state index is 4.69. The predicted molar refractivity (Wildman–Crippen MR) is 402 cm³/mol. The molecule has 0 amide bonds. The minimum absolute atomic E-state index is 0. The summed E-state index contributed by atoms with van der Waals surface area (Å²) in [7, 11) is 3.80. The van der Waals surface area contributed by atoms with E-state index in [0.29, 0.717) is 88.0 Å². The molecule has 22 nitrogen and oxygen atoms in total. The molecular weight excluding hydrogens is 1220 g/mol. The molecule has 12 aromatic rings. The summed E-state index contributed by atoms with van der Waals surface area (Å²) in [6.07, 6.45) is 15.8. The summed E-state index contributed by atoms with van der Waals surface area (Å²) in [5, 5.41) is 20.9. The average Bonchev–Trinajstić information content (AvgIpc) is 1.61. The molecule has 0 saturated heterocycles. The standard InChI is InChI=1S/C13H17N3.2C12H18N4.2C12H16N4.C12H17N3.3CH4/c1-8(2)12-13(9(3)4)16-11-7-14-6-5-10(11)15-12;1-7(2)10-11(8(3)4)14-12-9(13-10)6-16(5)15-12;1-7(2)10-11(8(3)4)15-12-9(14-10)6-13-16(12)5;1-7(2)9-10(8(3)4)16-12-11(15-9)13-5-6-14-12;1-7(2)10-11(8(3)4)15-12-9(14-10)5-6-13-16-12;1-8(2)11-5-10-6-13-7-15(10)14-12(11)9(3)4;;;/h5-9H,1-4H3;2*6-8H,1-5H3;2*5-8H,1-4H3;5-9H,1-4H3;3*1H4. The van der Waals surface area contributed by atoms with Gasteiger partial charge in [0.1, 0.15) is 28.4 Å². The molecule has 0 saturated carbocycles. The molecule has 0 bridgehead atoms. The molecule has 528 valence electrons. The van der Waals surface area contributed by atoms with Crippen LogP contribution in [-0.4, -0.2) is 109 Å². The van der Waals surface area contributed by atoms with Crippen molar-refractivity contribution in [2.75, 3.05) is 0 Å². The van der Waals surface area contributed by atoms with Crippen LogP contribution in [0.1, 0.15) is 328 Å². The lowest BCUT2D eigenvalue weighted by Gasteiger charge is -2.14. The fourth-order valence-electron chi connectivity index (χ4n) is 10.6. The molecule has 0 unspecified atom stereocenters. The molecule has 12 heterocycles. The van der Waals surface area contributed by atoms with Crippen molar-refractivity contribution in [2.24, 2.45) is 14.1 Å². The number of aromatic nitrogens is 22. The van der Waals surface area contributed by atoms with Crippen LogP contribution in [-0.2, 0) is 14.1 Å². The number of nitrogens with zero attached hydrogens (tertiary/aromatic N) is 22. The normalized spacial score (nSPS) is 11.4. The van der Waals surface area contributed by atoms with Crippen LogP contribution in [0.15, 0.2) is 74.1 Å². The topological polar surface area (TPSA) is 259 Å². The van der Waals surface area contributed by atoms with E-state index in [1.54, 1.807) is 52.9 Å². The molecule has 98 heavy (non-hydrogen) atoms. The highest BCUT2D eigenvalue weighted by Gasteiger charge is 2.21. The van der Waals surface area contributed by atoms with Crippen LogP contribution >= 0.6 is 0 Å². The lowest BCUT2D eigenvalue weighted by molar-refractivity contribution is 0.715. The van der Waals surface area contributed by atoms with Crippen LogP contribution in [0.25, 0.3) is 61.3 Å². The lowest BCUT2D eigenvalue weighted by atomic mass is 9.96. The Balaban J connectivity index is 0.000000248. The lowest BCUT2D eigenvalue weighted by Crippen LogP contribution is -2.07. The van der Waals surface area contributed by atoms with Crippen LogP contribution in [0.5, 0.6) is 0 Å². The summed E-state index contributed by atoms with van der Waals surface area (Å²) in [4.78, 5) is 62.9. The van der Waals surface area contributed by atoms with Gasteiger partial charge in [-0.05, 0) is 94.8 Å². The molecule has 0 spiro atoms. The highest BCUT2D eigenvalue weighted by molar-refractivity contribution is 5.74. The number of aryl methyl sites for hydroxylation is 2. The molecule has 0 aliphatic heterocycles. The van der Waals surface area contributed by atoms with E-state index in [-0.39, 0.29) is 22.3 Å². The van der Waals surface area contributed by atoms with Gasteiger partial charge < -0.3 is 0 Å². The van der Waals surface area contributed by atoms with E-state index in [1.165, 1.54) is 11.3 Å². The van der Waals surface area contributed by atoms with Crippen molar-refractivity contribution in [3.8, 4) is 0 Å². The van der Waals surface area contributed by atoms with Crippen LogP contribution in [0.2, 0.25) is 0 Å².